The molecule has 5 heteroatoms. The highest BCUT2D eigenvalue weighted by Gasteiger charge is 2.21. The van der Waals surface area contributed by atoms with Gasteiger partial charge < -0.3 is 11.1 Å². The predicted molar refractivity (Wildman–Crippen MR) is 156 cm³/mol. The molecule has 0 aliphatic heterocycles. The van der Waals surface area contributed by atoms with Crippen molar-refractivity contribution in [3.05, 3.63) is 87.8 Å². The molecule has 1 fully saturated rings. The maximum absolute atomic E-state index is 5.95. The molecule has 5 rings (SSSR count). The Hall–Kier alpha value is -2.77. The molecule has 4 nitrogen and oxygen atoms in total. The van der Waals surface area contributed by atoms with Crippen molar-refractivity contribution in [3.8, 4) is 11.1 Å². The monoisotopic (exact) mass is 574 g/mol. The lowest BCUT2D eigenvalue weighted by Gasteiger charge is -2.28. The number of hydrogen-bond donors (Lipinski definition) is 2. The number of anilines is 1. The van der Waals surface area contributed by atoms with E-state index < -0.39 is 0 Å². The Morgan fingerprint density at radius 3 is 2.46 bits per heavy atom. The summed E-state index contributed by atoms with van der Waals surface area (Å²) in [6.07, 6.45) is 9.09. The number of nitrogens with one attached hydrogen (secondary N) is 1. The molecule has 0 radical (unpaired) electrons. The van der Waals surface area contributed by atoms with Crippen molar-refractivity contribution in [3.63, 3.8) is 0 Å². The van der Waals surface area contributed by atoms with Gasteiger partial charge in [-0.25, -0.2) is 9.97 Å². The van der Waals surface area contributed by atoms with Crippen LogP contribution >= 0.6 is 22.6 Å². The summed E-state index contributed by atoms with van der Waals surface area (Å²) < 4.78 is 1.18. The Bertz CT molecular complexity index is 1300. The van der Waals surface area contributed by atoms with E-state index in [0.29, 0.717) is 11.8 Å². The van der Waals surface area contributed by atoms with Gasteiger partial charge in [0.25, 0.3) is 0 Å². The van der Waals surface area contributed by atoms with Crippen LogP contribution in [0.2, 0.25) is 0 Å². The third kappa shape index (κ3) is 6.08. The van der Waals surface area contributed by atoms with Gasteiger partial charge in [0.15, 0.2) is 5.82 Å². The van der Waals surface area contributed by atoms with Crippen LogP contribution in [0.25, 0.3) is 34.2 Å². The molecule has 35 heavy (non-hydrogen) atoms. The van der Waals surface area contributed by atoms with Crippen LogP contribution in [0.15, 0.2) is 72.8 Å². The second-order valence-electron chi connectivity index (χ2n) is 9.43. The molecule has 0 bridgehead atoms. The summed E-state index contributed by atoms with van der Waals surface area (Å²) in [7, 11) is 0. The molecule has 1 aliphatic carbocycles. The van der Waals surface area contributed by atoms with Gasteiger partial charge >= 0.3 is 0 Å². The van der Waals surface area contributed by atoms with E-state index in [0.717, 1.165) is 41.2 Å². The maximum atomic E-state index is 5.95. The van der Waals surface area contributed by atoms with Crippen molar-refractivity contribution in [2.45, 2.75) is 25.7 Å². The van der Waals surface area contributed by atoms with Crippen LogP contribution in [0.4, 0.5) is 5.82 Å². The van der Waals surface area contributed by atoms with Gasteiger partial charge in [-0.15, -0.1) is 0 Å². The molecule has 0 spiro atoms. The minimum absolute atomic E-state index is 0.646. The SMILES string of the molecule is NCC1CCCC(CNc2nc(/C=C/c3ccc(-c4ccccc4)cc3)nc3ccc(I)cc23)C1. The highest BCUT2D eigenvalue weighted by Crippen LogP contribution is 2.30. The number of nitrogens with zero attached hydrogens (tertiary/aromatic N) is 2. The van der Waals surface area contributed by atoms with E-state index in [2.05, 4.69) is 101 Å². The second-order valence-corrected chi connectivity index (χ2v) is 10.7. The van der Waals surface area contributed by atoms with Crippen molar-refractivity contribution in [2.24, 2.45) is 17.6 Å². The number of benzene rings is 3. The Balaban J connectivity index is 1.36. The minimum Gasteiger partial charge on any atom is -0.369 e. The van der Waals surface area contributed by atoms with Crippen molar-refractivity contribution < 1.29 is 0 Å². The summed E-state index contributed by atoms with van der Waals surface area (Å²) in [6, 6.07) is 25.4. The average molecular weight is 575 g/mol. The topological polar surface area (TPSA) is 63.8 Å². The smallest absolute Gasteiger partial charge is 0.154 e. The van der Waals surface area contributed by atoms with E-state index in [9.17, 15) is 0 Å². The first-order valence-electron chi connectivity index (χ1n) is 12.4. The van der Waals surface area contributed by atoms with Crippen LogP contribution in [0.5, 0.6) is 0 Å². The summed E-state index contributed by atoms with van der Waals surface area (Å²) in [5.41, 5.74) is 10.5. The third-order valence-electron chi connectivity index (χ3n) is 6.90. The molecule has 3 N–H and O–H groups in total. The summed E-state index contributed by atoms with van der Waals surface area (Å²) >= 11 is 2.35. The van der Waals surface area contributed by atoms with Crippen molar-refractivity contribution >= 4 is 51.5 Å². The quantitative estimate of drug-likeness (QED) is 0.228. The minimum atomic E-state index is 0.646. The second kappa shape index (κ2) is 11.3. The van der Waals surface area contributed by atoms with Crippen molar-refractivity contribution in [1.82, 2.24) is 9.97 Å². The van der Waals surface area contributed by atoms with Crippen LogP contribution in [-0.4, -0.2) is 23.1 Å². The zero-order chi connectivity index (χ0) is 24.0. The largest absolute Gasteiger partial charge is 0.369 e. The lowest BCUT2D eigenvalue weighted by molar-refractivity contribution is 0.281. The molecule has 1 aromatic heterocycles. The lowest BCUT2D eigenvalue weighted by Crippen LogP contribution is -2.26. The summed E-state index contributed by atoms with van der Waals surface area (Å²) in [5, 5.41) is 4.74. The fourth-order valence-corrected chi connectivity index (χ4v) is 5.45. The zero-order valence-corrected chi connectivity index (χ0v) is 22.0. The molecule has 1 heterocycles. The van der Waals surface area contributed by atoms with E-state index in [4.69, 9.17) is 15.7 Å². The number of hydrogen-bond acceptors (Lipinski definition) is 4. The molecule has 178 valence electrons. The number of halogens is 1. The first-order chi connectivity index (χ1) is 17.2. The van der Waals surface area contributed by atoms with Gasteiger partial charge in [-0.2, -0.15) is 0 Å². The van der Waals surface area contributed by atoms with Crippen LogP contribution in [0.1, 0.15) is 37.1 Å². The highest BCUT2D eigenvalue weighted by atomic mass is 127. The summed E-state index contributed by atoms with van der Waals surface area (Å²) in [5.74, 6) is 2.94. The molecule has 4 aromatic rings. The molecule has 0 saturated heterocycles. The Labute approximate surface area is 221 Å². The molecule has 2 atom stereocenters. The van der Waals surface area contributed by atoms with E-state index in [1.807, 2.05) is 12.1 Å². The number of fused-ring (bicyclic) bond motifs is 1. The molecular formula is C30H31IN4. The van der Waals surface area contributed by atoms with Gasteiger partial charge in [0, 0.05) is 15.5 Å². The molecular weight excluding hydrogens is 543 g/mol. The van der Waals surface area contributed by atoms with Gasteiger partial charge in [0.1, 0.15) is 5.82 Å². The van der Waals surface area contributed by atoms with E-state index >= 15 is 0 Å². The summed E-state index contributed by atoms with van der Waals surface area (Å²) in [6.45, 7) is 1.73. The maximum Gasteiger partial charge on any atom is 0.154 e. The average Bonchev–Trinajstić information content (AvgIpc) is 2.91. The van der Waals surface area contributed by atoms with Crippen molar-refractivity contribution in [2.75, 3.05) is 18.4 Å². The Morgan fingerprint density at radius 1 is 0.886 bits per heavy atom. The van der Waals surface area contributed by atoms with Crippen LogP contribution < -0.4 is 11.1 Å². The van der Waals surface area contributed by atoms with Crippen LogP contribution in [0.3, 0.4) is 0 Å². The fraction of sp³-hybridized carbons (Fsp3) is 0.267. The van der Waals surface area contributed by atoms with Gasteiger partial charge in [-0.3, -0.25) is 0 Å². The van der Waals surface area contributed by atoms with Gasteiger partial charge in [-0.1, -0.05) is 67.1 Å². The molecule has 2 unspecified atom stereocenters. The molecule has 0 amide bonds. The Kier molecular flexibility index (Phi) is 7.74. The van der Waals surface area contributed by atoms with Gasteiger partial charge in [0.2, 0.25) is 0 Å². The van der Waals surface area contributed by atoms with E-state index in [1.165, 1.54) is 40.4 Å². The van der Waals surface area contributed by atoms with E-state index in [1.54, 1.807) is 0 Å². The standard InChI is InChI=1S/C30H31IN4/c31-26-14-15-28-27(18-26)30(33-20-23-6-4-5-22(17-23)19-32)35-29(34-28)16-11-21-9-12-25(13-10-21)24-7-2-1-3-8-24/h1-3,7-16,18,22-23H,4-6,17,19-20,32H2,(H,33,34,35)/b16-11+. The van der Waals surface area contributed by atoms with Crippen LogP contribution in [-0.2, 0) is 0 Å². The number of aromatic nitrogens is 2. The predicted octanol–water partition coefficient (Wildman–Crippen LogP) is 7.25. The highest BCUT2D eigenvalue weighted by molar-refractivity contribution is 14.1. The Morgan fingerprint density at radius 2 is 1.66 bits per heavy atom. The first-order valence-corrected chi connectivity index (χ1v) is 13.5. The molecule has 1 saturated carbocycles. The number of nitrogens with two attached hydrogens (primary N) is 1. The normalized spacial score (nSPS) is 18.2. The van der Waals surface area contributed by atoms with Gasteiger partial charge in [-0.05, 0) is 101 Å². The fourth-order valence-electron chi connectivity index (χ4n) is 4.96. The lowest BCUT2D eigenvalue weighted by atomic mass is 9.81. The molecule has 3 aromatic carbocycles. The van der Waals surface area contributed by atoms with Gasteiger partial charge in [0.05, 0.1) is 5.52 Å². The van der Waals surface area contributed by atoms with Crippen LogP contribution in [0, 0.1) is 15.4 Å². The van der Waals surface area contributed by atoms with E-state index in [-0.39, 0.29) is 0 Å². The molecule has 1 aliphatic rings. The third-order valence-corrected chi connectivity index (χ3v) is 7.57. The number of rotatable bonds is 7. The van der Waals surface area contributed by atoms with Crippen molar-refractivity contribution in [1.29, 1.82) is 0 Å². The first kappa shape index (κ1) is 23.9. The summed E-state index contributed by atoms with van der Waals surface area (Å²) in [4.78, 5) is 9.73. The zero-order valence-electron chi connectivity index (χ0n) is 19.8.